The van der Waals surface area contributed by atoms with E-state index in [1.165, 1.54) is 24.3 Å². The van der Waals surface area contributed by atoms with Gasteiger partial charge in [0.05, 0.1) is 5.25 Å². The summed E-state index contributed by atoms with van der Waals surface area (Å²) < 4.78 is 36.3. The fraction of sp³-hybridized carbons (Fsp3) is 0.417. The molecule has 2 rings (SSSR count). The highest BCUT2D eigenvalue weighted by Gasteiger charge is 2.74. The molecule has 7 heteroatoms. The van der Waals surface area contributed by atoms with Gasteiger partial charge in [0.15, 0.2) is 9.84 Å². The second-order valence-electron chi connectivity index (χ2n) is 4.83. The van der Waals surface area contributed by atoms with Gasteiger partial charge in [0, 0.05) is 18.7 Å². The van der Waals surface area contributed by atoms with Crippen molar-refractivity contribution in [1.82, 2.24) is 0 Å². The highest BCUT2D eigenvalue weighted by atomic mass is 32.2. The van der Waals surface area contributed by atoms with Crippen LogP contribution in [0.2, 0.25) is 0 Å². The molecule has 0 saturated heterocycles. The average molecular weight is 287 g/mol. The molecule has 19 heavy (non-hydrogen) atoms. The summed E-state index contributed by atoms with van der Waals surface area (Å²) in [6, 6.07) is 5.16. The Morgan fingerprint density at radius 3 is 2.26 bits per heavy atom. The minimum Gasteiger partial charge on any atom is -0.481 e. The molecule has 1 aromatic rings. The molecule has 5 nitrogen and oxygen atoms in total. The Morgan fingerprint density at radius 1 is 1.42 bits per heavy atom. The van der Waals surface area contributed by atoms with Gasteiger partial charge in [0.1, 0.15) is 11.2 Å². The van der Waals surface area contributed by atoms with Gasteiger partial charge in [0.2, 0.25) is 0 Å². The summed E-state index contributed by atoms with van der Waals surface area (Å²) in [6.07, 6.45) is 0.995. The lowest BCUT2D eigenvalue weighted by atomic mass is 9.99. The van der Waals surface area contributed by atoms with Crippen LogP contribution in [-0.4, -0.2) is 37.5 Å². The Hall–Kier alpha value is -1.47. The standard InChI is InChI=1S/C12H14FNO4S/c1-19(17,18)10-9(12(10,6-14)11(15)16)7-2-4-8(13)5-3-7/h2-5,9-10H,6,14H2,1H3,(H,15,16)/t9-,10+,12+/m0/s1. The molecule has 0 unspecified atom stereocenters. The van der Waals surface area contributed by atoms with Crippen LogP contribution in [0.1, 0.15) is 11.5 Å². The van der Waals surface area contributed by atoms with Gasteiger partial charge < -0.3 is 10.8 Å². The normalized spacial score (nSPS) is 30.1. The maximum absolute atomic E-state index is 12.9. The fourth-order valence-corrected chi connectivity index (χ4v) is 4.68. The van der Waals surface area contributed by atoms with Crippen LogP contribution in [0.4, 0.5) is 4.39 Å². The van der Waals surface area contributed by atoms with Crippen molar-refractivity contribution >= 4 is 15.8 Å². The number of hydrogen-bond acceptors (Lipinski definition) is 4. The zero-order valence-corrected chi connectivity index (χ0v) is 11.0. The van der Waals surface area contributed by atoms with Crippen molar-refractivity contribution in [1.29, 1.82) is 0 Å². The van der Waals surface area contributed by atoms with E-state index in [1.54, 1.807) is 0 Å². The molecular weight excluding hydrogens is 273 g/mol. The maximum Gasteiger partial charge on any atom is 0.312 e. The van der Waals surface area contributed by atoms with Crippen molar-refractivity contribution in [2.45, 2.75) is 11.2 Å². The molecule has 3 N–H and O–H groups in total. The van der Waals surface area contributed by atoms with Gasteiger partial charge >= 0.3 is 5.97 Å². The van der Waals surface area contributed by atoms with E-state index >= 15 is 0 Å². The minimum absolute atomic E-state index is 0.276. The number of carboxylic acid groups (broad SMARTS) is 1. The van der Waals surface area contributed by atoms with Gasteiger partial charge in [0.25, 0.3) is 0 Å². The van der Waals surface area contributed by atoms with Gasteiger partial charge in [-0.1, -0.05) is 12.1 Å². The van der Waals surface area contributed by atoms with Crippen LogP contribution in [0, 0.1) is 11.2 Å². The van der Waals surface area contributed by atoms with Crippen molar-refractivity contribution in [3.05, 3.63) is 35.6 Å². The van der Waals surface area contributed by atoms with Crippen LogP contribution in [0.25, 0.3) is 0 Å². The quantitative estimate of drug-likeness (QED) is 0.833. The van der Waals surface area contributed by atoms with Crippen LogP contribution in [0.15, 0.2) is 24.3 Å². The number of rotatable bonds is 4. The Kier molecular flexibility index (Phi) is 3.14. The first-order valence-corrected chi connectivity index (χ1v) is 7.58. The third-order valence-electron chi connectivity index (χ3n) is 3.68. The summed E-state index contributed by atoms with van der Waals surface area (Å²) in [5.41, 5.74) is 4.46. The van der Waals surface area contributed by atoms with E-state index in [0.29, 0.717) is 5.56 Å². The van der Waals surface area contributed by atoms with E-state index < -0.39 is 38.2 Å². The number of carbonyl (C=O) groups is 1. The lowest BCUT2D eigenvalue weighted by Crippen LogP contribution is -2.31. The molecule has 0 amide bonds. The lowest BCUT2D eigenvalue weighted by molar-refractivity contribution is -0.143. The Bertz CT molecular complexity index is 613. The molecule has 3 atom stereocenters. The van der Waals surface area contributed by atoms with Crippen LogP contribution in [-0.2, 0) is 14.6 Å². The molecule has 0 radical (unpaired) electrons. The van der Waals surface area contributed by atoms with Crippen LogP contribution >= 0.6 is 0 Å². The number of hydrogen-bond donors (Lipinski definition) is 2. The van der Waals surface area contributed by atoms with Crippen LogP contribution in [0.5, 0.6) is 0 Å². The summed E-state index contributed by atoms with van der Waals surface area (Å²) in [5, 5.41) is 8.24. The number of benzene rings is 1. The van der Waals surface area contributed by atoms with Crippen LogP contribution in [0.3, 0.4) is 0 Å². The van der Waals surface area contributed by atoms with E-state index in [9.17, 15) is 22.7 Å². The second-order valence-corrected chi connectivity index (χ2v) is 7.00. The highest BCUT2D eigenvalue weighted by molar-refractivity contribution is 7.91. The van der Waals surface area contributed by atoms with Gasteiger partial charge in [-0.2, -0.15) is 0 Å². The van der Waals surface area contributed by atoms with Gasteiger partial charge in [-0.3, -0.25) is 4.79 Å². The number of halogens is 1. The first kappa shape index (κ1) is 14.0. The summed E-state index contributed by atoms with van der Waals surface area (Å²) in [5.74, 6) is -2.43. The Morgan fingerprint density at radius 2 is 1.95 bits per heavy atom. The first-order chi connectivity index (χ1) is 8.75. The van der Waals surface area contributed by atoms with Crippen molar-refractivity contribution in [2.24, 2.45) is 11.1 Å². The smallest absolute Gasteiger partial charge is 0.312 e. The number of aliphatic carboxylic acids is 1. The summed E-state index contributed by atoms with van der Waals surface area (Å²) in [4.78, 5) is 11.4. The van der Waals surface area contributed by atoms with E-state index in [0.717, 1.165) is 6.26 Å². The molecule has 0 aliphatic heterocycles. The zero-order chi connectivity index (χ0) is 14.4. The molecule has 1 fully saturated rings. The first-order valence-electron chi connectivity index (χ1n) is 5.63. The molecule has 0 heterocycles. The number of carboxylic acids is 1. The minimum atomic E-state index is -3.56. The fourth-order valence-electron chi connectivity index (χ4n) is 2.76. The van der Waals surface area contributed by atoms with Crippen molar-refractivity contribution < 1.29 is 22.7 Å². The second kappa shape index (κ2) is 4.28. The average Bonchev–Trinajstić information content (AvgIpc) is 3.00. The monoisotopic (exact) mass is 287 g/mol. The van der Waals surface area contributed by atoms with Gasteiger partial charge in [-0.05, 0) is 17.7 Å². The molecule has 0 aromatic heterocycles. The van der Waals surface area contributed by atoms with E-state index in [-0.39, 0.29) is 6.54 Å². The molecule has 1 saturated carbocycles. The van der Waals surface area contributed by atoms with E-state index in [1.807, 2.05) is 0 Å². The Labute approximate surface area is 110 Å². The molecule has 1 aromatic carbocycles. The third kappa shape index (κ3) is 2.02. The topological polar surface area (TPSA) is 97.5 Å². The number of sulfone groups is 1. The maximum atomic E-state index is 12.9. The molecule has 0 bridgehead atoms. The van der Waals surface area contributed by atoms with Gasteiger partial charge in [-0.15, -0.1) is 0 Å². The molecule has 104 valence electrons. The molecular formula is C12H14FNO4S. The molecule has 0 spiro atoms. The Balaban J connectivity index is 2.50. The van der Waals surface area contributed by atoms with Crippen molar-refractivity contribution in [3.63, 3.8) is 0 Å². The SMILES string of the molecule is CS(=O)(=O)[C@@H]1[C@H](c2ccc(F)cc2)[C@@]1(CN)C(=O)O. The summed E-state index contributed by atoms with van der Waals surface area (Å²) in [7, 11) is -3.56. The van der Waals surface area contributed by atoms with Gasteiger partial charge in [-0.25, -0.2) is 12.8 Å². The highest BCUT2D eigenvalue weighted by Crippen LogP contribution is 2.62. The largest absolute Gasteiger partial charge is 0.481 e. The zero-order valence-electron chi connectivity index (χ0n) is 10.2. The molecule has 1 aliphatic rings. The predicted octanol–water partition coefficient (Wildman–Crippen LogP) is 0.366. The van der Waals surface area contributed by atoms with E-state index in [2.05, 4.69) is 0 Å². The summed E-state index contributed by atoms with van der Waals surface area (Å²) >= 11 is 0. The number of nitrogens with two attached hydrogens (primary N) is 1. The molecule has 1 aliphatic carbocycles. The van der Waals surface area contributed by atoms with Crippen molar-refractivity contribution in [2.75, 3.05) is 12.8 Å². The van der Waals surface area contributed by atoms with Crippen LogP contribution < -0.4 is 5.73 Å². The van der Waals surface area contributed by atoms with Crippen molar-refractivity contribution in [3.8, 4) is 0 Å². The summed E-state index contributed by atoms with van der Waals surface area (Å²) in [6.45, 7) is -0.276. The lowest BCUT2D eigenvalue weighted by Gasteiger charge is -2.09. The third-order valence-corrected chi connectivity index (χ3v) is 5.30. The predicted molar refractivity (Wildman–Crippen MR) is 66.9 cm³/mol. The van der Waals surface area contributed by atoms with E-state index in [4.69, 9.17) is 5.73 Å².